The molecular formula is C14H30N2. The Balaban J connectivity index is 2.20. The second-order valence-corrected chi connectivity index (χ2v) is 5.21. The van der Waals surface area contributed by atoms with E-state index >= 15 is 0 Å². The zero-order valence-corrected chi connectivity index (χ0v) is 11.5. The topological polar surface area (TPSA) is 15.3 Å². The molecule has 0 spiro atoms. The van der Waals surface area contributed by atoms with Crippen molar-refractivity contribution in [3.63, 3.8) is 0 Å². The molecule has 1 aliphatic heterocycles. The maximum absolute atomic E-state index is 3.48. The number of rotatable bonds is 7. The largest absolute Gasteiger partial charge is 0.317 e. The number of hydrogen-bond acceptors (Lipinski definition) is 2. The molecule has 2 unspecified atom stereocenters. The van der Waals surface area contributed by atoms with Gasteiger partial charge >= 0.3 is 0 Å². The molecule has 0 aromatic carbocycles. The molecule has 1 rings (SSSR count). The predicted octanol–water partition coefficient (Wildman–Crippen LogP) is 2.89. The summed E-state index contributed by atoms with van der Waals surface area (Å²) in [5, 5.41) is 3.48. The maximum Gasteiger partial charge on any atom is 0.0117 e. The van der Waals surface area contributed by atoms with Crippen molar-refractivity contribution in [1.82, 2.24) is 10.2 Å². The van der Waals surface area contributed by atoms with Crippen molar-refractivity contribution in [3.8, 4) is 0 Å². The van der Waals surface area contributed by atoms with E-state index in [1.807, 2.05) is 0 Å². The summed E-state index contributed by atoms with van der Waals surface area (Å²) in [5.41, 5.74) is 0. The summed E-state index contributed by atoms with van der Waals surface area (Å²) in [6.45, 7) is 8.55. The Morgan fingerprint density at radius 1 is 1.19 bits per heavy atom. The van der Waals surface area contributed by atoms with Crippen molar-refractivity contribution in [1.29, 1.82) is 0 Å². The lowest BCUT2D eigenvalue weighted by Crippen LogP contribution is -2.48. The van der Waals surface area contributed by atoms with Crippen LogP contribution in [0.4, 0.5) is 0 Å². The highest BCUT2D eigenvalue weighted by atomic mass is 15.1. The summed E-state index contributed by atoms with van der Waals surface area (Å²) in [6, 6.07) is 0.761. The quantitative estimate of drug-likeness (QED) is 0.672. The van der Waals surface area contributed by atoms with Gasteiger partial charge in [0.25, 0.3) is 0 Å². The molecule has 0 aromatic rings. The Labute approximate surface area is 102 Å². The lowest BCUT2D eigenvalue weighted by Gasteiger charge is -2.38. The lowest BCUT2D eigenvalue weighted by molar-refractivity contribution is 0.136. The van der Waals surface area contributed by atoms with E-state index in [0.717, 1.165) is 12.0 Å². The molecule has 0 bridgehead atoms. The number of piperidine rings is 1. The van der Waals surface area contributed by atoms with Crippen LogP contribution in [0.2, 0.25) is 0 Å². The Bertz CT molecular complexity index is 170. The van der Waals surface area contributed by atoms with Crippen LogP contribution in [0.1, 0.15) is 52.4 Å². The Morgan fingerprint density at radius 3 is 2.62 bits per heavy atom. The van der Waals surface area contributed by atoms with E-state index in [4.69, 9.17) is 0 Å². The molecule has 0 radical (unpaired) electrons. The Kier molecular flexibility index (Phi) is 7.06. The zero-order chi connectivity index (χ0) is 11.8. The first kappa shape index (κ1) is 14.0. The van der Waals surface area contributed by atoms with E-state index in [-0.39, 0.29) is 0 Å². The highest BCUT2D eigenvalue weighted by Gasteiger charge is 2.26. The maximum atomic E-state index is 3.48. The minimum atomic E-state index is 0.761. The SMILES string of the molecule is CCCCCCN1CCC(NC)C(CC)C1. The van der Waals surface area contributed by atoms with E-state index in [1.165, 1.54) is 58.2 Å². The standard InChI is InChI=1S/C14H30N2/c1-4-6-7-8-10-16-11-9-14(15-3)13(5-2)12-16/h13-15H,4-12H2,1-3H3. The molecule has 0 amide bonds. The van der Waals surface area contributed by atoms with Gasteiger partial charge in [0, 0.05) is 12.6 Å². The molecule has 1 saturated heterocycles. The van der Waals surface area contributed by atoms with Gasteiger partial charge in [0.2, 0.25) is 0 Å². The molecule has 1 fully saturated rings. The van der Waals surface area contributed by atoms with Gasteiger partial charge in [-0.1, -0.05) is 39.5 Å². The van der Waals surface area contributed by atoms with Crippen LogP contribution in [0.3, 0.4) is 0 Å². The van der Waals surface area contributed by atoms with Gasteiger partial charge in [0.05, 0.1) is 0 Å². The average molecular weight is 226 g/mol. The lowest BCUT2D eigenvalue weighted by atomic mass is 9.90. The van der Waals surface area contributed by atoms with E-state index in [2.05, 4.69) is 31.1 Å². The Morgan fingerprint density at radius 2 is 2.00 bits per heavy atom. The van der Waals surface area contributed by atoms with E-state index in [9.17, 15) is 0 Å². The summed E-state index contributed by atoms with van der Waals surface area (Å²) < 4.78 is 0. The van der Waals surface area contributed by atoms with Crippen molar-refractivity contribution >= 4 is 0 Å². The van der Waals surface area contributed by atoms with Crippen LogP contribution in [-0.2, 0) is 0 Å². The smallest absolute Gasteiger partial charge is 0.0117 e. The first-order valence-corrected chi connectivity index (χ1v) is 7.21. The molecule has 1 aliphatic rings. The summed E-state index contributed by atoms with van der Waals surface area (Å²) >= 11 is 0. The number of hydrogen-bond donors (Lipinski definition) is 1. The fraction of sp³-hybridized carbons (Fsp3) is 1.00. The van der Waals surface area contributed by atoms with Crippen molar-refractivity contribution < 1.29 is 0 Å². The number of unbranched alkanes of at least 4 members (excludes halogenated alkanes) is 3. The molecule has 1 heterocycles. The van der Waals surface area contributed by atoms with Gasteiger partial charge in [0.15, 0.2) is 0 Å². The van der Waals surface area contributed by atoms with Crippen LogP contribution in [0.25, 0.3) is 0 Å². The highest BCUT2D eigenvalue weighted by molar-refractivity contribution is 4.83. The zero-order valence-electron chi connectivity index (χ0n) is 11.5. The molecule has 0 saturated carbocycles. The molecule has 2 nitrogen and oxygen atoms in total. The molecule has 2 atom stereocenters. The molecular weight excluding hydrogens is 196 g/mol. The minimum Gasteiger partial charge on any atom is -0.317 e. The van der Waals surface area contributed by atoms with Crippen molar-refractivity contribution in [2.24, 2.45) is 5.92 Å². The van der Waals surface area contributed by atoms with E-state index in [1.54, 1.807) is 0 Å². The fourth-order valence-corrected chi connectivity index (χ4v) is 2.87. The monoisotopic (exact) mass is 226 g/mol. The highest BCUT2D eigenvalue weighted by Crippen LogP contribution is 2.20. The molecule has 96 valence electrons. The van der Waals surface area contributed by atoms with Crippen LogP contribution in [-0.4, -0.2) is 37.6 Å². The summed E-state index contributed by atoms with van der Waals surface area (Å²) in [7, 11) is 2.12. The molecule has 1 N–H and O–H groups in total. The molecule has 0 aliphatic carbocycles. The van der Waals surface area contributed by atoms with Crippen LogP contribution < -0.4 is 5.32 Å². The van der Waals surface area contributed by atoms with Crippen molar-refractivity contribution in [2.75, 3.05) is 26.7 Å². The number of nitrogens with one attached hydrogen (secondary N) is 1. The third kappa shape index (κ3) is 4.42. The second kappa shape index (κ2) is 8.08. The van der Waals surface area contributed by atoms with Crippen molar-refractivity contribution in [2.45, 2.75) is 58.4 Å². The van der Waals surface area contributed by atoms with E-state index in [0.29, 0.717) is 0 Å². The van der Waals surface area contributed by atoms with Gasteiger partial charge in [-0.05, 0) is 38.9 Å². The second-order valence-electron chi connectivity index (χ2n) is 5.21. The van der Waals surface area contributed by atoms with Gasteiger partial charge in [-0.3, -0.25) is 0 Å². The van der Waals surface area contributed by atoms with Gasteiger partial charge in [0.1, 0.15) is 0 Å². The third-order valence-corrected chi connectivity index (χ3v) is 4.04. The van der Waals surface area contributed by atoms with Crippen LogP contribution in [0.15, 0.2) is 0 Å². The summed E-state index contributed by atoms with van der Waals surface area (Å²) in [5.74, 6) is 0.866. The van der Waals surface area contributed by atoms with Crippen LogP contribution in [0.5, 0.6) is 0 Å². The summed E-state index contributed by atoms with van der Waals surface area (Å²) in [4.78, 5) is 2.68. The van der Waals surface area contributed by atoms with Crippen LogP contribution >= 0.6 is 0 Å². The minimum absolute atomic E-state index is 0.761. The first-order chi connectivity index (χ1) is 7.81. The molecule has 0 aromatic heterocycles. The third-order valence-electron chi connectivity index (χ3n) is 4.04. The predicted molar refractivity (Wildman–Crippen MR) is 71.8 cm³/mol. The number of likely N-dealkylation sites (tertiary alicyclic amines) is 1. The van der Waals surface area contributed by atoms with Gasteiger partial charge < -0.3 is 10.2 Å². The first-order valence-electron chi connectivity index (χ1n) is 7.21. The van der Waals surface area contributed by atoms with E-state index < -0.39 is 0 Å². The van der Waals surface area contributed by atoms with Gasteiger partial charge in [-0.25, -0.2) is 0 Å². The summed E-state index contributed by atoms with van der Waals surface area (Å²) in [6.07, 6.45) is 8.22. The van der Waals surface area contributed by atoms with Crippen molar-refractivity contribution in [3.05, 3.63) is 0 Å². The Hall–Kier alpha value is -0.0800. The number of nitrogens with zero attached hydrogens (tertiary/aromatic N) is 1. The fourth-order valence-electron chi connectivity index (χ4n) is 2.87. The van der Waals surface area contributed by atoms with Gasteiger partial charge in [-0.2, -0.15) is 0 Å². The average Bonchev–Trinajstić information content (AvgIpc) is 2.34. The normalized spacial score (nSPS) is 27.2. The van der Waals surface area contributed by atoms with Gasteiger partial charge in [-0.15, -0.1) is 0 Å². The molecule has 2 heteroatoms. The molecule has 16 heavy (non-hydrogen) atoms. The van der Waals surface area contributed by atoms with Crippen LogP contribution in [0, 0.1) is 5.92 Å².